The Hall–Kier alpha value is -3.01. The third-order valence-corrected chi connectivity index (χ3v) is 3.80. The number of hydrogen-bond acceptors (Lipinski definition) is 3. The van der Waals surface area contributed by atoms with Crippen LogP contribution in [0, 0.1) is 6.92 Å². The Morgan fingerprint density at radius 2 is 1.73 bits per heavy atom. The lowest BCUT2D eigenvalue weighted by molar-refractivity contribution is 0.949. The maximum atomic E-state index is 4.57. The van der Waals surface area contributed by atoms with E-state index in [2.05, 4.69) is 64.5 Å². The summed E-state index contributed by atoms with van der Waals surface area (Å²) in [6.07, 6.45) is 5.23. The van der Waals surface area contributed by atoms with Gasteiger partial charge in [0, 0.05) is 18.0 Å². The van der Waals surface area contributed by atoms with Crippen LogP contribution >= 0.6 is 0 Å². The minimum atomic E-state index is 0.725. The van der Waals surface area contributed by atoms with Crippen molar-refractivity contribution in [3.63, 3.8) is 0 Å². The molecule has 4 nitrogen and oxygen atoms in total. The van der Waals surface area contributed by atoms with Crippen LogP contribution in [-0.2, 0) is 0 Å². The molecule has 0 saturated heterocycles. The van der Waals surface area contributed by atoms with E-state index in [4.69, 9.17) is 0 Å². The van der Waals surface area contributed by atoms with Crippen LogP contribution < -0.4 is 0 Å². The van der Waals surface area contributed by atoms with Crippen molar-refractivity contribution in [1.82, 2.24) is 19.6 Å². The Bertz CT molecular complexity index is 909. The summed E-state index contributed by atoms with van der Waals surface area (Å²) >= 11 is 0. The van der Waals surface area contributed by atoms with E-state index in [-0.39, 0.29) is 0 Å². The fourth-order valence-electron chi connectivity index (χ4n) is 2.67. The monoisotopic (exact) mass is 286 g/mol. The van der Waals surface area contributed by atoms with Crippen molar-refractivity contribution >= 4 is 5.65 Å². The largest absolute Gasteiger partial charge is 0.259 e. The van der Waals surface area contributed by atoms with Crippen molar-refractivity contribution in [3.05, 3.63) is 72.7 Å². The summed E-state index contributed by atoms with van der Waals surface area (Å²) in [6, 6.07) is 16.6. The first kappa shape index (κ1) is 12.7. The van der Waals surface area contributed by atoms with Gasteiger partial charge in [0.1, 0.15) is 0 Å². The summed E-state index contributed by atoms with van der Waals surface area (Å²) in [7, 11) is 0. The molecule has 0 aliphatic rings. The molecule has 0 aliphatic heterocycles. The molecule has 0 N–H and O–H groups in total. The summed E-state index contributed by atoms with van der Waals surface area (Å²) in [5, 5.41) is 4.54. The Morgan fingerprint density at radius 1 is 0.909 bits per heavy atom. The second-order valence-corrected chi connectivity index (χ2v) is 5.16. The molecular formula is C18H14N4. The van der Waals surface area contributed by atoms with Crippen LogP contribution in [0.3, 0.4) is 0 Å². The van der Waals surface area contributed by atoms with E-state index in [9.17, 15) is 0 Å². The molecule has 4 heteroatoms. The molecule has 0 atom stereocenters. The maximum Gasteiger partial charge on any atom is 0.182 e. The smallest absolute Gasteiger partial charge is 0.182 e. The predicted molar refractivity (Wildman–Crippen MR) is 86.4 cm³/mol. The van der Waals surface area contributed by atoms with Crippen molar-refractivity contribution in [2.24, 2.45) is 0 Å². The van der Waals surface area contributed by atoms with E-state index >= 15 is 0 Å². The molecular weight excluding hydrogens is 272 g/mol. The second-order valence-electron chi connectivity index (χ2n) is 5.16. The van der Waals surface area contributed by atoms with Crippen molar-refractivity contribution in [1.29, 1.82) is 0 Å². The Labute approximate surface area is 128 Å². The van der Waals surface area contributed by atoms with Crippen molar-refractivity contribution in [2.75, 3.05) is 0 Å². The zero-order valence-corrected chi connectivity index (χ0v) is 12.1. The summed E-state index contributed by atoms with van der Waals surface area (Å²) in [5.74, 6) is 0.725. The van der Waals surface area contributed by atoms with Crippen molar-refractivity contribution < 1.29 is 0 Å². The van der Waals surface area contributed by atoms with Crippen LogP contribution in [0.5, 0.6) is 0 Å². The second kappa shape index (κ2) is 5.07. The summed E-state index contributed by atoms with van der Waals surface area (Å²) in [6.45, 7) is 2.11. The molecule has 106 valence electrons. The highest BCUT2D eigenvalue weighted by Gasteiger charge is 2.12. The highest BCUT2D eigenvalue weighted by atomic mass is 15.3. The van der Waals surface area contributed by atoms with Crippen LogP contribution in [0.15, 0.2) is 67.1 Å². The van der Waals surface area contributed by atoms with Crippen LogP contribution in [0.25, 0.3) is 28.2 Å². The van der Waals surface area contributed by atoms with Gasteiger partial charge in [0.25, 0.3) is 0 Å². The molecule has 0 spiro atoms. The normalized spacial score (nSPS) is 11.0. The molecule has 4 rings (SSSR count). The molecule has 2 aromatic carbocycles. The fourth-order valence-corrected chi connectivity index (χ4v) is 2.67. The van der Waals surface area contributed by atoms with Gasteiger partial charge in [0.15, 0.2) is 11.5 Å². The standard InChI is InChI=1S/C18H14N4/c1-13-15(14-6-3-2-4-7-14)8-5-9-16(13)18-20-17-12-19-10-11-22(17)21-18/h2-12H,1H3. The number of fused-ring (bicyclic) bond motifs is 1. The lowest BCUT2D eigenvalue weighted by atomic mass is 9.96. The average molecular weight is 286 g/mol. The van der Waals surface area contributed by atoms with E-state index in [1.54, 1.807) is 16.9 Å². The van der Waals surface area contributed by atoms with Gasteiger partial charge in [-0.05, 0) is 23.6 Å². The number of nitrogens with zero attached hydrogens (tertiary/aromatic N) is 4. The summed E-state index contributed by atoms with van der Waals surface area (Å²) in [4.78, 5) is 8.65. The van der Waals surface area contributed by atoms with Gasteiger partial charge in [-0.2, -0.15) is 0 Å². The lowest BCUT2D eigenvalue weighted by Crippen LogP contribution is -1.90. The molecule has 2 aromatic heterocycles. The Balaban J connectivity index is 1.89. The highest BCUT2D eigenvalue weighted by Crippen LogP contribution is 2.30. The van der Waals surface area contributed by atoms with E-state index in [0.29, 0.717) is 0 Å². The van der Waals surface area contributed by atoms with Gasteiger partial charge < -0.3 is 0 Å². The molecule has 0 fully saturated rings. The quantitative estimate of drug-likeness (QED) is 0.563. The topological polar surface area (TPSA) is 43.1 Å². The minimum Gasteiger partial charge on any atom is -0.259 e. The number of hydrogen-bond donors (Lipinski definition) is 0. The summed E-state index contributed by atoms with van der Waals surface area (Å²) in [5.41, 5.74) is 5.38. The first-order valence-corrected chi connectivity index (χ1v) is 7.15. The predicted octanol–water partition coefficient (Wildman–Crippen LogP) is 3.77. The third kappa shape index (κ3) is 2.05. The van der Waals surface area contributed by atoms with Gasteiger partial charge >= 0.3 is 0 Å². The van der Waals surface area contributed by atoms with E-state index in [1.807, 2.05) is 12.3 Å². The van der Waals surface area contributed by atoms with Gasteiger partial charge in [-0.3, -0.25) is 4.98 Å². The average Bonchev–Trinajstić information content (AvgIpc) is 2.99. The van der Waals surface area contributed by atoms with Crippen LogP contribution in [0.1, 0.15) is 5.56 Å². The van der Waals surface area contributed by atoms with Crippen molar-refractivity contribution in [3.8, 4) is 22.5 Å². The van der Waals surface area contributed by atoms with Crippen molar-refractivity contribution in [2.45, 2.75) is 6.92 Å². The molecule has 2 heterocycles. The molecule has 0 unspecified atom stereocenters. The third-order valence-electron chi connectivity index (χ3n) is 3.80. The summed E-state index contributed by atoms with van der Waals surface area (Å²) < 4.78 is 1.75. The first-order chi connectivity index (χ1) is 10.8. The molecule has 22 heavy (non-hydrogen) atoms. The van der Waals surface area contributed by atoms with Gasteiger partial charge in [0.05, 0.1) is 6.20 Å². The number of rotatable bonds is 2. The minimum absolute atomic E-state index is 0.725. The van der Waals surface area contributed by atoms with E-state index in [1.165, 1.54) is 16.7 Å². The molecule has 0 radical (unpaired) electrons. The lowest BCUT2D eigenvalue weighted by Gasteiger charge is -2.09. The Morgan fingerprint density at radius 3 is 2.55 bits per heavy atom. The molecule has 0 bridgehead atoms. The van der Waals surface area contributed by atoms with Gasteiger partial charge in [-0.15, -0.1) is 5.10 Å². The molecule has 0 saturated carbocycles. The molecule has 0 aliphatic carbocycles. The molecule has 4 aromatic rings. The van der Waals surface area contributed by atoms with Crippen LogP contribution in [0.4, 0.5) is 0 Å². The SMILES string of the molecule is Cc1c(-c2ccccc2)cccc1-c1nc2cnccn2n1. The zero-order chi connectivity index (χ0) is 14.9. The highest BCUT2D eigenvalue weighted by molar-refractivity contribution is 5.76. The fraction of sp³-hybridized carbons (Fsp3) is 0.0556. The van der Waals surface area contributed by atoms with Gasteiger partial charge in [-0.1, -0.05) is 48.5 Å². The van der Waals surface area contributed by atoms with E-state index in [0.717, 1.165) is 17.0 Å². The van der Waals surface area contributed by atoms with Crippen LogP contribution in [-0.4, -0.2) is 19.6 Å². The zero-order valence-electron chi connectivity index (χ0n) is 12.1. The first-order valence-electron chi connectivity index (χ1n) is 7.15. The Kier molecular flexibility index (Phi) is 2.93. The number of benzene rings is 2. The number of aromatic nitrogens is 4. The van der Waals surface area contributed by atoms with Crippen LogP contribution in [0.2, 0.25) is 0 Å². The van der Waals surface area contributed by atoms with E-state index < -0.39 is 0 Å². The van der Waals surface area contributed by atoms with Gasteiger partial charge in [0.2, 0.25) is 0 Å². The maximum absolute atomic E-state index is 4.57. The van der Waals surface area contributed by atoms with Gasteiger partial charge in [-0.25, -0.2) is 9.50 Å². The molecule has 0 amide bonds.